The molecule has 1 aliphatic carbocycles. The fourth-order valence-corrected chi connectivity index (χ4v) is 4.31. The lowest BCUT2D eigenvalue weighted by atomic mass is 10.0. The molecule has 0 fully saturated rings. The number of fused-ring (bicyclic) bond motifs is 1. The molecule has 2 aliphatic rings. The third-order valence-electron chi connectivity index (χ3n) is 5.03. The van der Waals surface area contributed by atoms with Crippen LogP contribution in [0.4, 0.5) is 0 Å². The minimum atomic E-state index is -0.227. The summed E-state index contributed by atoms with van der Waals surface area (Å²) in [5.74, 6) is 0.826. The molecule has 0 N–H and O–H groups in total. The number of carbonyl (C=O) groups is 2. The van der Waals surface area contributed by atoms with E-state index in [0.29, 0.717) is 22.6 Å². The fraction of sp³-hybridized carbons (Fsp3) is 0. The Morgan fingerprint density at radius 1 is 0.700 bits per heavy atom. The summed E-state index contributed by atoms with van der Waals surface area (Å²) in [4.78, 5) is 25.1. The molecule has 0 unspecified atom stereocenters. The Morgan fingerprint density at radius 2 is 1.30 bits per heavy atom. The highest BCUT2D eigenvalue weighted by molar-refractivity contribution is 7.08. The maximum atomic E-state index is 12.5. The van der Waals surface area contributed by atoms with Gasteiger partial charge in [-0.3, -0.25) is 9.59 Å². The monoisotopic (exact) mass is 408 g/mol. The second kappa shape index (κ2) is 7.58. The van der Waals surface area contributed by atoms with Crippen LogP contribution in [0.15, 0.2) is 107 Å². The molecule has 0 spiro atoms. The summed E-state index contributed by atoms with van der Waals surface area (Å²) in [6.07, 6.45) is 7.17. The Balaban J connectivity index is 1.54. The van der Waals surface area contributed by atoms with Gasteiger partial charge in [0, 0.05) is 27.5 Å². The number of ketones is 2. The summed E-state index contributed by atoms with van der Waals surface area (Å²) in [5, 5.41) is 3.45. The molecule has 0 saturated heterocycles. The first-order valence-electron chi connectivity index (χ1n) is 9.50. The number of ether oxygens (including phenoxy) is 1. The van der Waals surface area contributed by atoms with E-state index >= 15 is 0 Å². The van der Waals surface area contributed by atoms with Crippen LogP contribution >= 0.6 is 11.3 Å². The Bertz CT molecular complexity index is 1240. The second-order valence-corrected chi connectivity index (χ2v) is 7.69. The minimum Gasteiger partial charge on any atom is -0.457 e. The average Bonchev–Trinajstić information content (AvgIpc) is 3.37. The maximum absolute atomic E-state index is 12.5. The van der Waals surface area contributed by atoms with Crippen LogP contribution in [0.2, 0.25) is 0 Å². The van der Waals surface area contributed by atoms with E-state index in [-0.39, 0.29) is 17.1 Å². The summed E-state index contributed by atoms with van der Waals surface area (Å²) >= 11 is 1.37. The molecule has 1 aromatic heterocycles. The summed E-state index contributed by atoms with van der Waals surface area (Å²) in [5.41, 5.74) is 4.16. The molecular formula is C26H16O3S. The van der Waals surface area contributed by atoms with Crippen molar-refractivity contribution in [2.24, 2.45) is 0 Å². The average molecular weight is 408 g/mol. The summed E-state index contributed by atoms with van der Waals surface area (Å²) in [6, 6.07) is 19.9. The topological polar surface area (TPSA) is 43.4 Å². The first-order chi connectivity index (χ1) is 14.7. The van der Waals surface area contributed by atoms with E-state index in [1.165, 1.54) is 11.3 Å². The van der Waals surface area contributed by atoms with Crippen molar-refractivity contribution in [2.45, 2.75) is 0 Å². The molecule has 5 rings (SSSR count). The zero-order chi connectivity index (χ0) is 20.5. The van der Waals surface area contributed by atoms with Gasteiger partial charge in [-0.25, -0.2) is 0 Å². The molecule has 4 heteroatoms. The molecule has 1 aliphatic heterocycles. The van der Waals surface area contributed by atoms with E-state index in [0.717, 1.165) is 16.7 Å². The summed E-state index contributed by atoms with van der Waals surface area (Å²) < 4.78 is 6.09. The van der Waals surface area contributed by atoms with E-state index in [9.17, 15) is 9.59 Å². The first kappa shape index (κ1) is 18.3. The number of rotatable bonds is 3. The van der Waals surface area contributed by atoms with Crippen LogP contribution in [0.3, 0.4) is 0 Å². The van der Waals surface area contributed by atoms with Crippen molar-refractivity contribution in [3.63, 3.8) is 0 Å². The Kier molecular flexibility index (Phi) is 4.62. The molecule has 0 bridgehead atoms. The highest BCUT2D eigenvalue weighted by Crippen LogP contribution is 2.33. The lowest BCUT2D eigenvalue weighted by molar-refractivity contribution is 0.0988. The molecular weight excluding hydrogens is 392 g/mol. The number of Topliss-reactive ketones (excluding diaryl/α,β-unsaturated/α-hetero) is 2. The number of hydrogen-bond donors (Lipinski definition) is 0. The van der Waals surface area contributed by atoms with E-state index in [1.54, 1.807) is 22.9 Å². The van der Waals surface area contributed by atoms with Crippen LogP contribution in [-0.2, 0) is 4.74 Å². The van der Waals surface area contributed by atoms with Crippen LogP contribution in [-0.4, -0.2) is 11.6 Å². The van der Waals surface area contributed by atoms with Gasteiger partial charge in [-0.1, -0.05) is 60.7 Å². The normalized spacial score (nSPS) is 16.8. The number of benzene rings is 2. The van der Waals surface area contributed by atoms with Crippen molar-refractivity contribution in [1.29, 1.82) is 0 Å². The zero-order valence-electron chi connectivity index (χ0n) is 15.9. The molecule has 0 atom stereocenters. The van der Waals surface area contributed by atoms with Crippen LogP contribution in [0.1, 0.15) is 31.8 Å². The minimum absolute atomic E-state index is 0.175. The predicted octanol–water partition coefficient (Wildman–Crippen LogP) is 6.09. The van der Waals surface area contributed by atoms with Gasteiger partial charge in [0.2, 0.25) is 0 Å². The number of hydrogen-bond acceptors (Lipinski definition) is 4. The maximum Gasteiger partial charge on any atom is 0.198 e. The highest BCUT2D eigenvalue weighted by Gasteiger charge is 2.33. The first-order valence-corrected chi connectivity index (χ1v) is 10.4. The summed E-state index contributed by atoms with van der Waals surface area (Å²) in [6.45, 7) is 0. The van der Waals surface area contributed by atoms with Gasteiger partial charge >= 0.3 is 0 Å². The fourth-order valence-electron chi connectivity index (χ4n) is 3.50. The van der Waals surface area contributed by atoms with Crippen molar-refractivity contribution in [3.8, 4) is 0 Å². The summed E-state index contributed by atoms with van der Waals surface area (Å²) in [7, 11) is 0. The van der Waals surface area contributed by atoms with E-state index in [4.69, 9.17) is 4.74 Å². The molecule has 0 amide bonds. The Morgan fingerprint density at radius 3 is 1.93 bits per heavy atom. The second-order valence-electron chi connectivity index (χ2n) is 6.95. The van der Waals surface area contributed by atoms with Crippen LogP contribution in [0.25, 0.3) is 11.3 Å². The predicted molar refractivity (Wildman–Crippen MR) is 119 cm³/mol. The lowest BCUT2D eigenvalue weighted by Gasteiger charge is -2.18. The molecule has 30 heavy (non-hydrogen) atoms. The van der Waals surface area contributed by atoms with Gasteiger partial charge in [0.1, 0.15) is 11.5 Å². The highest BCUT2D eigenvalue weighted by atomic mass is 32.1. The van der Waals surface area contributed by atoms with Crippen molar-refractivity contribution in [3.05, 3.63) is 129 Å². The van der Waals surface area contributed by atoms with Gasteiger partial charge in [-0.2, -0.15) is 11.3 Å². The lowest BCUT2D eigenvalue weighted by Crippen LogP contribution is -2.02. The van der Waals surface area contributed by atoms with Gasteiger partial charge in [0.05, 0.1) is 5.57 Å². The third-order valence-corrected chi connectivity index (χ3v) is 5.78. The molecule has 0 saturated carbocycles. The van der Waals surface area contributed by atoms with Crippen LogP contribution < -0.4 is 0 Å². The van der Waals surface area contributed by atoms with Crippen LogP contribution in [0, 0.1) is 0 Å². The zero-order valence-corrected chi connectivity index (χ0v) is 16.7. The van der Waals surface area contributed by atoms with Crippen molar-refractivity contribution >= 4 is 34.2 Å². The van der Waals surface area contributed by atoms with E-state index in [2.05, 4.69) is 0 Å². The van der Waals surface area contributed by atoms with Crippen LogP contribution in [0.5, 0.6) is 0 Å². The van der Waals surface area contributed by atoms with Gasteiger partial charge in [-0.15, -0.1) is 0 Å². The van der Waals surface area contributed by atoms with Gasteiger partial charge in [0.15, 0.2) is 11.6 Å². The number of thiophene rings is 1. The van der Waals surface area contributed by atoms with Crippen molar-refractivity contribution < 1.29 is 14.3 Å². The number of allylic oxidation sites excluding steroid dienone is 6. The molecule has 144 valence electrons. The van der Waals surface area contributed by atoms with Crippen molar-refractivity contribution in [1.82, 2.24) is 0 Å². The Labute approximate surface area is 178 Å². The Hall–Kier alpha value is -3.76. The molecule has 0 radical (unpaired) electrons. The van der Waals surface area contributed by atoms with E-state index in [1.807, 2.05) is 72.8 Å². The molecule has 2 aromatic carbocycles. The van der Waals surface area contributed by atoms with Crippen molar-refractivity contribution in [2.75, 3.05) is 0 Å². The standard InChI is InChI=1S/C26H16O3S/c27-25-21(26(28)23-16-30-15-22(23)25)12-11-20-13-19(17-7-3-1-4-8-17)14-24(29-20)18-9-5-2-6-10-18/h1-16H/b20-11+. The third kappa shape index (κ3) is 3.27. The molecule has 3 aromatic rings. The largest absolute Gasteiger partial charge is 0.457 e. The number of carbonyl (C=O) groups excluding carboxylic acids is 2. The van der Waals surface area contributed by atoms with E-state index < -0.39 is 0 Å². The van der Waals surface area contributed by atoms with Gasteiger partial charge in [0.25, 0.3) is 0 Å². The smallest absolute Gasteiger partial charge is 0.198 e. The SMILES string of the molecule is O=C1C(=C/C=C2\C=C(c3ccccc3)C=C(c3ccccc3)O2)C(=O)c2cscc21. The molecule has 3 nitrogen and oxygen atoms in total. The van der Waals surface area contributed by atoms with Gasteiger partial charge < -0.3 is 4.74 Å². The molecule has 2 heterocycles. The quantitative estimate of drug-likeness (QED) is 0.389. The van der Waals surface area contributed by atoms with Gasteiger partial charge in [-0.05, 0) is 35.4 Å².